The molecule has 3 amide bonds. The Balaban J connectivity index is 1.68. The van der Waals surface area contributed by atoms with Crippen LogP contribution in [0.25, 0.3) is 0 Å². The van der Waals surface area contributed by atoms with Gasteiger partial charge >= 0.3 is 0 Å². The van der Waals surface area contributed by atoms with E-state index in [9.17, 15) is 19.5 Å². The van der Waals surface area contributed by atoms with Gasteiger partial charge in [-0.3, -0.25) is 19.3 Å². The van der Waals surface area contributed by atoms with E-state index in [0.29, 0.717) is 30.1 Å². The van der Waals surface area contributed by atoms with Crippen LogP contribution in [0.3, 0.4) is 0 Å². The van der Waals surface area contributed by atoms with E-state index in [1.54, 1.807) is 7.05 Å². The maximum absolute atomic E-state index is 13.1. The molecule has 3 aliphatic rings. The number of thiophene rings is 1. The van der Waals surface area contributed by atoms with Gasteiger partial charge in [-0.05, 0) is 24.8 Å². The van der Waals surface area contributed by atoms with Crippen molar-refractivity contribution >= 4 is 34.1 Å². The lowest BCUT2D eigenvalue weighted by Crippen LogP contribution is -2.43. The number of fused-ring (bicyclic) bond motifs is 3. The van der Waals surface area contributed by atoms with Crippen LogP contribution in [0.5, 0.6) is 0 Å². The number of carbonyl (C=O) groups excluding carboxylic acids is 3. The predicted molar refractivity (Wildman–Crippen MR) is 106 cm³/mol. The molecule has 1 saturated carbocycles. The fraction of sp³-hybridized carbons (Fsp3) is 0.650. The van der Waals surface area contributed by atoms with Gasteiger partial charge in [-0.15, -0.1) is 11.3 Å². The first-order valence-corrected chi connectivity index (χ1v) is 10.8. The minimum Gasteiger partial charge on any atom is -0.395 e. The molecule has 2 aliphatic heterocycles. The molecule has 0 spiro atoms. The van der Waals surface area contributed by atoms with Crippen molar-refractivity contribution in [3.05, 3.63) is 16.0 Å². The highest BCUT2D eigenvalue weighted by molar-refractivity contribution is 7.17. The molecule has 7 nitrogen and oxygen atoms in total. The lowest BCUT2D eigenvalue weighted by molar-refractivity contribution is -0.141. The number of amides is 3. The Bertz CT molecular complexity index is 828. The monoisotopic (exact) mass is 405 g/mol. The summed E-state index contributed by atoms with van der Waals surface area (Å²) in [5, 5.41) is 10.0. The summed E-state index contributed by atoms with van der Waals surface area (Å²) in [6.45, 7) is 3.20. The molecule has 4 rings (SSSR count). The van der Waals surface area contributed by atoms with E-state index in [1.807, 2.05) is 4.90 Å². The predicted octanol–water partition coefficient (Wildman–Crippen LogP) is 1.62. The van der Waals surface area contributed by atoms with Crippen molar-refractivity contribution in [2.75, 3.05) is 38.2 Å². The van der Waals surface area contributed by atoms with Gasteiger partial charge in [0, 0.05) is 30.4 Å². The van der Waals surface area contributed by atoms with Crippen molar-refractivity contribution in [3.63, 3.8) is 0 Å². The van der Waals surface area contributed by atoms with Gasteiger partial charge in [0.1, 0.15) is 11.5 Å². The molecule has 1 aromatic heterocycles. The third kappa shape index (κ3) is 3.03. The largest absolute Gasteiger partial charge is 0.395 e. The van der Waals surface area contributed by atoms with Crippen LogP contribution in [0.1, 0.15) is 53.4 Å². The lowest BCUT2D eigenvalue weighted by Gasteiger charge is -2.34. The normalized spacial score (nSPS) is 21.6. The van der Waals surface area contributed by atoms with Crippen LogP contribution in [0.2, 0.25) is 0 Å². The molecule has 0 atom stereocenters. The summed E-state index contributed by atoms with van der Waals surface area (Å²) in [5.74, 6) is -0.122. The van der Waals surface area contributed by atoms with Crippen molar-refractivity contribution in [2.24, 2.45) is 5.41 Å². The maximum atomic E-state index is 13.1. The molecule has 0 radical (unpaired) electrons. The lowest BCUT2D eigenvalue weighted by atomic mass is 9.86. The van der Waals surface area contributed by atoms with Crippen LogP contribution < -0.4 is 4.90 Å². The number of likely N-dealkylation sites (N-methyl/N-ethyl adjacent to an activating group) is 1. The minimum atomic E-state index is -0.263. The van der Waals surface area contributed by atoms with Gasteiger partial charge in [0.05, 0.1) is 18.7 Å². The van der Waals surface area contributed by atoms with Crippen LogP contribution >= 0.6 is 11.3 Å². The summed E-state index contributed by atoms with van der Waals surface area (Å²) in [4.78, 5) is 44.6. The van der Waals surface area contributed by atoms with Gasteiger partial charge in [-0.25, -0.2) is 0 Å². The number of β-amino-alcohol motifs (C(OH)–C–C–N with tert-alkyl or cyclic N) is 1. The average molecular weight is 406 g/mol. The minimum absolute atomic E-state index is 0.0119. The van der Waals surface area contributed by atoms with Crippen molar-refractivity contribution in [1.29, 1.82) is 0 Å². The summed E-state index contributed by atoms with van der Waals surface area (Å²) < 4.78 is 0. The number of anilines is 1. The first-order valence-electron chi connectivity index (χ1n) is 9.96. The fourth-order valence-electron chi connectivity index (χ4n) is 4.71. The highest BCUT2D eigenvalue weighted by atomic mass is 32.1. The van der Waals surface area contributed by atoms with E-state index in [4.69, 9.17) is 0 Å². The van der Waals surface area contributed by atoms with E-state index in [-0.39, 0.29) is 42.8 Å². The molecule has 0 bridgehead atoms. The van der Waals surface area contributed by atoms with Crippen molar-refractivity contribution in [1.82, 2.24) is 9.80 Å². The van der Waals surface area contributed by atoms with Gasteiger partial charge in [0.25, 0.3) is 5.91 Å². The summed E-state index contributed by atoms with van der Waals surface area (Å²) in [7, 11) is 1.64. The summed E-state index contributed by atoms with van der Waals surface area (Å²) >= 11 is 1.42. The zero-order chi connectivity index (χ0) is 20.1. The SMILES string of the molecule is CN1CC(=O)N(CCO)c2sc3c(c2C1=O)CCN(C(=O)C1(C)CCCC1)C3. The van der Waals surface area contributed by atoms with Gasteiger partial charge in [-0.1, -0.05) is 19.8 Å². The third-order valence-corrected chi connectivity index (χ3v) is 7.59. The third-order valence-electron chi connectivity index (χ3n) is 6.35. The second-order valence-corrected chi connectivity index (χ2v) is 9.44. The van der Waals surface area contributed by atoms with Crippen molar-refractivity contribution in [3.8, 4) is 0 Å². The van der Waals surface area contributed by atoms with Crippen molar-refractivity contribution in [2.45, 2.75) is 45.6 Å². The summed E-state index contributed by atoms with van der Waals surface area (Å²) in [6, 6.07) is 0. The first kappa shape index (κ1) is 19.4. The van der Waals surface area contributed by atoms with Crippen LogP contribution in [-0.4, -0.2) is 65.9 Å². The molecular formula is C20H27N3O4S. The Morgan fingerprint density at radius 1 is 1.21 bits per heavy atom. The summed E-state index contributed by atoms with van der Waals surface area (Å²) in [5.41, 5.74) is 1.29. The van der Waals surface area contributed by atoms with Gasteiger partial charge in [0.2, 0.25) is 11.8 Å². The van der Waals surface area contributed by atoms with E-state index in [2.05, 4.69) is 6.92 Å². The molecular weight excluding hydrogens is 378 g/mol. The van der Waals surface area contributed by atoms with Crippen LogP contribution in [0.4, 0.5) is 5.00 Å². The molecule has 28 heavy (non-hydrogen) atoms. The van der Waals surface area contributed by atoms with Crippen LogP contribution in [0, 0.1) is 5.41 Å². The molecule has 1 fully saturated rings. The van der Waals surface area contributed by atoms with E-state index in [0.717, 1.165) is 36.1 Å². The highest BCUT2D eigenvalue weighted by Crippen LogP contribution is 2.44. The second kappa shape index (κ2) is 7.15. The van der Waals surface area contributed by atoms with Gasteiger partial charge in [0.15, 0.2) is 0 Å². The van der Waals surface area contributed by atoms with Crippen molar-refractivity contribution < 1.29 is 19.5 Å². The first-order chi connectivity index (χ1) is 13.4. The Morgan fingerprint density at radius 3 is 2.61 bits per heavy atom. The number of carbonyl (C=O) groups is 3. The summed E-state index contributed by atoms with van der Waals surface area (Å²) in [6.07, 6.45) is 4.72. The highest BCUT2D eigenvalue weighted by Gasteiger charge is 2.42. The van der Waals surface area contributed by atoms with Gasteiger partial charge in [-0.2, -0.15) is 0 Å². The molecule has 0 saturated heterocycles. The number of rotatable bonds is 3. The zero-order valence-corrected chi connectivity index (χ0v) is 17.3. The number of hydrogen-bond acceptors (Lipinski definition) is 5. The molecule has 1 N–H and O–H groups in total. The molecule has 1 aromatic rings. The number of aliphatic hydroxyl groups is 1. The zero-order valence-electron chi connectivity index (χ0n) is 16.5. The maximum Gasteiger partial charge on any atom is 0.257 e. The van der Waals surface area contributed by atoms with Gasteiger partial charge < -0.3 is 14.9 Å². The Hall–Kier alpha value is -1.93. The molecule has 8 heteroatoms. The topological polar surface area (TPSA) is 81.2 Å². The van der Waals surface area contributed by atoms with E-state index >= 15 is 0 Å². The molecule has 0 unspecified atom stereocenters. The number of hydrogen-bond donors (Lipinski definition) is 1. The quantitative estimate of drug-likeness (QED) is 0.829. The Kier molecular flexibility index (Phi) is 4.95. The van der Waals surface area contributed by atoms with Crippen LogP contribution in [-0.2, 0) is 22.6 Å². The molecule has 0 aromatic carbocycles. The average Bonchev–Trinajstić information content (AvgIpc) is 3.26. The van der Waals surface area contributed by atoms with Crippen LogP contribution in [0.15, 0.2) is 0 Å². The van der Waals surface area contributed by atoms with E-state index < -0.39 is 0 Å². The number of aliphatic hydroxyl groups excluding tert-OH is 1. The molecule has 1 aliphatic carbocycles. The fourth-order valence-corrected chi connectivity index (χ4v) is 6.11. The smallest absolute Gasteiger partial charge is 0.257 e. The second-order valence-electron chi connectivity index (χ2n) is 8.36. The molecule has 3 heterocycles. The Morgan fingerprint density at radius 2 is 1.93 bits per heavy atom. The number of nitrogens with zero attached hydrogens (tertiary/aromatic N) is 3. The molecule has 152 valence electrons. The van der Waals surface area contributed by atoms with E-state index in [1.165, 1.54) is 21.1 Å². The standard InChI is InChI=1S/C20H27N3O4S/c1-20(6-3-4-7-20)19(27)22-8-5-13-14(11-22)28-18-16(13)17(26)21(2)12-15(25)23(18)9-10-24/h24H,3-12H2,1-2H3. The Labute approximate surface area is 168 Å².